The number of ether oxygens (including phenoxy) is 2. The Bertz CT molecular complexity index is 1390. The number of aromatic nitrogens is 2. The number of fused-ring (bicyclic) bond motifs is 1. The second kappa shape index (κ2) is 11.3. The number of methoxy groups -OCH3 is 2. The Balaban J connectivity index is 1.73. The Kier molecular flexibility index (Phi) is 7.91. The van der Waals surface area contributed by atoms with Crippen molar-refractivity contribution >= 4 is 52.4 Å². The van der Waals surface area contributed by atoms with E-state index in [1.54, 1.807) is 30.3 Å². The topological polar surface area (TPSA) is 109 Å². The molecule has 0 unspecified atom stereocenters. The van der Waals surface area contributed by atoms with Crippen LogP contribution in [0, 0.1) is 0 Å². The summed E-state index contributed by atoms with van der Waals surface area (Å²) in [7, 11) is 2.84. The minimum Gasteiger partial charge on any atom is -0.497 e. The van der Waals surface area contributed by atoms with Crippen LogP contribution < -0.4 is 29.9 Å². The van der Waals surface area contributed by atoms with E-state index in [2.05, 4.69) is 27.2 Å². The molecule has 1 aromatic heterocycles. The van der Waals surface area contributed by atoms with E-state index in [0.29, 0.717) is 22.7 Å². The lowest BCUT2D eigenvalue weighted by molar-refractivity contribution is -0.111. The van der Waals surface area contributed by atoms with Gasteiger partial charge in [-0.15, -0.1) is 0 Å². The van der Waals surface area contributed by atoms with Crippen molar-refractivity contribution in [3.63, 3.8) is 0 Å². The molecular weight excluding hydrogens is 522 g/mol. The van der Waals surface area contributed by atoms with E-state index in [1.165, 1.54) is 31.4 Å². The van der Waals surface area contributed by atoms with Crippen LogP contribution >= 0.6 is 11.6 Å². The van der Waals surface area contributed by atoms with Gasteiger partial charge in [0, 0.05) is 23.9 Å². The van der Waals surface area contributed by atoms with E-state index in [9.17, 15) is 18.4 Å². The zero-order valence-electron chi connectivity index (χ0n) is 20.4. The van der Waals surface area contributed by atoms with Gasteiger partial charge in [0.15, 0.2) is 0 Å². The van der Waals surface area contributed by atoms with Crippen LogP contribution in [0.15, 0.2) is 55.3 Å². The Morgan fingerprint density at radius 1 is 1.24 bits per heavy atom. The van der Waals surface area contributed by atoms with Gasteiger partial charge < -0.3 is 20.1 Å². The van der Waals surface area contributed by atoms with Crippen molar-refractivity contribution in [3.05, 3.63) is 65.8 Å². The molecule has 0 atom stereocenters. The summed E-state index contributed by atoms with van der Waals surface area (Å²) in [6.07, 6.45) is -0.294. The first kappa shape index (κ1) is 26.6. The number of carbonyl (C=O) groups excluding carboxylic acids is 2. The lowest BCUT2D eigenvalue weighted by Crippen LogP contribution is -2.49. The average Bonchev–Trinajstić information content (AvgIpc) is 2.91. The van der Waals surface area contributed by atoms with E-state index >= 15 is 0 Å². The number of halogens is 3. The molecule has 1 aliphatic heterocycles. The third-order valence-electron chi connectivity index (χ3n) is 5.56. The fourth-order valence-corrected chi connectivity index (χ4v) is 4.08. The molecule has 1 aliphatic rings. The lowest BCUT2D eigenvalue weighted by atomic mass is 10.1. The number of amides is 3. The summed E-state index contributed by atoms with van der Waals surface area (Å²) in [5.41, 5.74) is 1.49. The van der Waals surface area contributed by atoms with Crippen molar-refractivity contribution in [2.45, 2.75) is 13.0 Å². The summed E-state index contributed by atoms with van der Waals surface area (Å²) in [4.78, 5) is 36.0. The lowest BCUT2D eigenvalue weighted by Gasteiger charge is -2.36. The number of urea groups is 1. The standard InChI is InChI=1S/C25H23ClF2N6O4/c1-4-21(35)30-16-7-5-6-8-17(16)31-24-29-11-14-12-33(25(36)34(13-20(27)28)23(14)32-24)18-9-15(37-2)10-19(38-3)22(18)26/h4-11,20H,1,12-13H2,2-3H3,(H,30,35)(H,29,31,32). The Hall–Kier alpha value is -4.45. The van der Waals surface area contributed by atoms with E-state index in [1.807, 2.05) is 0 Å². The highest BCUT2D eigenvalue weighted by molar-refractivity contribution is 6.35. The molecule has 13 heteroatoms. The molecule has 38 heavy (non-hydrogen) atoms. The number of anilines is 5. The van der Waals surface area contributed by atoms with Crippen LogP contribution in [-0.4, -0.2) is 49.1 Å². The molecule has 2 aromatic carbocycles. The van der Waals surface area contributed by atoms with Crippen LogP contribution in [0.25, 0.3) is 0 Å². The van der Waals surface area contributed by atoms with Gasteiger partial charge in [-0.05, 0) is 18.2 Å². The van der Waals surface area contributed by atoms with E-state index in [4.69, 9.17) is 21.1 Å². The summed E-state index contributed by atoms with van der Waals surface area (Å²) >= 11 is 6.48. The van der Waals surface area contributed by atoms with E-state index < -0.39 is 24.9 Å². The predicted octanol–water partition coefficient (Wildman–Crippen LogP) is 5.23. The second-order valence-corrected chi connectivity index (χ2v) is 8.32. The SMILES string of the molecule is C=CC(=O)Nc1ccccc1Nc1ncc2c(n1)N(CC(F)F)C(=O)N(c1cc(OC)cc(OC)c1Cl)C2. The molecule has 0 aliphatic carbocycles. The van der Waals surface area contributed by atoms with Gasteiger partial charge in [-0.2, -0.15) is 4.98 Å². The maximum absolute atomic E-state index is 13.6. The number of benzene rings is 2. The van der Waals surface area contributed by atoms with Crippen molar-refractivity contribution in [1.29, 1.82) is 0 Å². The summed E-state index contributed by atoms with van der Waals surface area (Å²) in [6, 6.07) is 9.05. The highest BCUT2D eigenvalue weighted by Crippen LogP contribution is 2.42. The number of nitrogens with zero attached hydrogens (tertiary/aromatic N) is 4. The van der Waals surface area contributed by atoms with Gasteiger partial charge in [-0.3, -0.25) is 14.6 Å². The molecule has 0 spiro atoms. The van der Waals surface area contributed by atoms with Crippen LogP contribution in [0.3, 0.4) is 0 Å². The monoisotopic (exact) mass is 544 g/mol. The number of carbonyl (C=O) groups is 2. The molecule has 3 amide bonds. The largest absolute Gasteiger partial charge is 0.497 e. The minimum absolute atomic E-state index is 0.0163. The van der Waals surface area contributed by atoms with Gasteiger partial charge in [0.1, 0.15) is 22.3 Å². The molecule has 2 heterocycles. The third kappa shape index (κ3) is 5.44. The fraction of sp³-hybridized carbons (Fsp3) is 0.200. The van der Waals surface area contributed by atoms with Gasteiger partial charge >= 0.3 is 6.03 Å². The quantitative estimate of drug-likeness (QED) is 0.355. The Labute approximate surface area is 221 Å². The molecule has 198 valence electrons. The zero-order chi connectivity index (χ0) is 27.4. The first-order valence-corrected chi connectivity index (χ1v) is 11.6. The Morgan fingerprint density at radius 2 is 1.97 bits per heavy atom. The van der Waals surface area contributed by atoms with Gasteiger partial charge in [0.25, 0.3) is 6.43 Å². The van der Waals surface area contributed by atoms with Crippen LogP contribution in [0.4, 0.5) is 42.4 Å². The molecule has 0 bridgehead atoms. The first-order valence-electron chi connectivity index (χ1n) is 11.2. The summed E-state index contributed by atoms with van der Waals surface area (Å²) in [6.45, 7) is 2.47. The molecule has 0 saturated heterocycles. The normalized spacial score (nSPS) is 12.7. The molecule has 0 saturated carbocycles. The molecule has 3 aromatic rings. The van der Waals surface area contributed by atoms with Crippen molar-refractivity contribution in [2.75, 3.05) is 41.2 Å². The van der Waals surface area contributed by atoms with Gasteiger partial charge in [-0.1, -0.05) is 30.3 Å². The van der Waals surface area contributed by atoms with Crippen LogP contribution in [-0.2, 0) is 11.3 Å². The van der Waals surface area contributed by atoms with Gasteiger partial charge in [0.05, 0.1) is 44.4 Å². The van der Waals surface area contributed by atoms with Gasteiger partial charge in [-0.25, -0.2) is 18.6 Å². The third-order valence-corrected chi connectivity index (χ3v) is 5.94. The highest BCUT2D eigenvalue weighted by atomic mass is 35.5. The molecular formula is C25H23ClF2N6O4. The van der Waals surface area contributed by atoms with Gasteiger partial charge in [0.2, 0.25) is 11.9 Å². The number of nitrogens with one attached hydrogen (secondary N) is 2. The molecule has 2 N–H and O–H groups in total. The smallest absolute Gasteiger partial charge is 0.330 e. The zero-order valence-corrected chi connectivity index (χ0v) is 21.1. The van der Waals surface area contributed by atoms with E-state index in [0.717, 1.165) is 11.0 Å². The second-order valence-electron chi connectivity index (χ2n) is 7.94. The van der Waals surface area contributed by atoms with Crippen LogP contribution in [0.1, 0.15) is 5.56 Å². The number of alkyl halides is 2. The molecule has 0 radical (unpaired) electrons. The Morgan fingerprint density at radius 3 is 2.63 bits per heavy atom. The average molecular weight is 545 g/mol. The maximum Gasteiger partial charge on any atom is 0.330 e. The highest BCUT2D eigenvalue weighted by Gasteiger charge is 2.36. The van der Waals surface area contributed by atoms with Crippen molar-refractivity contribution in [3.8, 4) is 11.5 Å². The van der Waals surface area contributed by atoms with Crippen LogP contribution in [0.5, 0.6) is 11.5 Å². The minimum atomic E-state index is -2.84. The summed E-state index contributed by atoms with van der Waals surface area (Å²) in [5.74, 6) is 0.233. The van der Waals surface area contributed by atoms with Crippen molar-refractivity contribution in [1.82, 2.24) is 9.97 Å². The summed E-state index contributed by atoms with van der Waals surface area (Å²) in [5, 5.41) is 5.72. The van der Waals surface area contributed by atoms with E-state index in [-0.39, 0.29) is 34.8 Å². The number of para-hydroxylation sites is 2. The fourth-order valence-electron chi connectivity index (χ4n) is 3.80. The van der Waals surface area contributed by atoms with Crippen molar-refractivity contribution < 1.29 is 27.8 Å². The van der Waals surface area contributed by atoms with Crippen molar-refractivity contribution in [2.24, 2.45) is 0 Å². The summed E-state index contributed by atoms with van der Waals surface area (Å²) < 4.78 is 37.8. The molecule has 0 fully saturated rings. The molecule has 4 rings (SSSR count). The molecule has 10 nitrogen and oxygen atoms in total. The van der Waals surface area contributed by atoms with Crippen LogP contribution in [0.2, 0.25) is 5.02 Å². The first-order chi connectivity index (χ1) is 18.2. The number of hydrogen-bond donors (Lipinski definition) is 2. The predicted molar refractivity (Wildman–Crippen MR) is 140 cm³/mol. The number of rotatable bonds is 9. The maximum atomic E-state index is 13.6. The number of hydrogen-bond acceptors (Lipinski definition) is 7.